The molecule has 0 aliphatic carbocycles. The number of hydrogen-bond acceptors (Lipinski definition) is 6. The molecule has 2 heterocycles. The van der Waals surface area contributed by atoms with Crippen LogP contribution in [0, 0.1) is 0 Å². The van der Waals surface area contributed by atoms with Crippen molar-refractivity contribution < 1.29 is 9.59 Å². The van der Waals surface area contributed by atoms with Gasteiger partial charge in [-0.25, -0.2) is 0 Å². The number of carbonyl (C=O) groups excluding carboxylic acids is 2. The molecule has 0 saturated heterocycles. The van der Waals surface area contributed by atoms with Gasteiger partial charge in [0.2, 0.25) is 5.91 Å². The highest BCUT2D eigenvalue weighted by Gasteiger charge is 2.14. The van der Waals surface area contributed by atoms with Crippen LogP contribution in [0.1, 0.15) is 43.0 Å². The van der Waals surface area contributed by atoms with Gasteiger partial charge in [0.05, 0.1) is 5.75 Å². The number of nitrogens with zero attached hydrogens (tertiary/aromatic N) is 4. The summed E-state index contributed by atoms with van der Waals surface area (Å²) in [5.74, 6) is 0.983. The van der Waals surface area contributed by atoms with Gasteiger partial charge in [0, 0.05) is 42.7 Å². The van der Waals surface area contributed by atoms with Crippen LogP contribution in [0.15, 0.2) is 53.9 Å². The third-order valence-corrected chi connectivity index (χ3v) is 5.62. The fraction of sp³-hybridized carbons (Fsp3) is 0.318. The molecule has 0 radical (unpaired) electrons. The first-order valence-electron chi connectivity index (χ1n) is 9.94. The number of hydrogen-bond donors (Lipinski definition) is 1. The van der Waals surface area contributed by atoms with Gasteiger partial charge in [0.25, 0.3) is 0 Å². The number of aromatic nitrogens is 4. The number of ketones is 1. The third kappa shape index (κ3) is 5.76. The van der Waals surface area contributed by atoms with Crippen LogP contribution in [0.3, 0.4) is 0 Å². The Bertz CT molecular complexity index is 987. The number of nitrogens with one attached hydrogen (secondary N) is 1. The highest BCUT2D eigenvalue weighted by molar-refractivity contribution is 7.99. The second kappa shape index (κ2) is 10.7. The molecular weight excluding hydrogens is 398 g/mol. The van der Waals surface area contributed by atoms with E-state index in [0.29, 0.717) is 22.8 Å². The summed E-state index contributed by atoms with van der Waals surface area (Å²) >= 11 is 1.35. The van der Waals surface area contributed by atoms with Crippen LogP contribution in [0.4, 0.5) is 5.69 Å². The lowest BCUT2D eigenvalue weighted by Crippen LogP contribution is -2.11. The average molecular weight is 424 g/mol. The molecule has 1 amide bonds. The first-order valence-corrected chi connectivity index (χ1v) is 10.9. The lowest BCUT2D eigenvalue weighted by molar-refractivity contribution is -0.116. The van der Waals surface area contributed by atoms with E-state index in [1.165, 1.54) is 11.8 Å². The second-order valence-corrected chi connectivity index (χ2v) is 7.84. The zero-order valence-electron chi connectivity index (χ0n) is 17.2. The number of unbranched alkanes of at least 4 members (excludes halogenated alkanes) is 2. The van der Waals surface area contributed by atoms with Gasteiger partial charge >= 0.3 is 0 Å². The van der Waals surface area contributed by atoms with Gasteiger partial charge in [0.15, 0.2) is 16.8 Å². The number of Topliss-reactive ketones (excluding diaryl/α,β-unsaturated/α-hetero) is 1. The molecule has 0 aliphatic rings. The van der Waals surface area contributed by atoms with E-state index in [4.69, 9.17) is 0 Å². The molecule has 1 aromatic carbocycles. The highest BCUT2D eigenvalue weighted by Crippen LogP contribution is 2.23. The van der Waals surface area contributed by atoms with E-state index >= 15 is 0 Å². The van der Waals surface area contributed by atoms with E-state index in [1.54, 1.807) is 36.7 Å². The molecule has 8 heteroatoms. The summed E-state index contributed by atoms with van der Waals surface area (Å²) in [4.78, 5) is 28.5. The van der Waals surface area contributed by atoms with E-state index in [2.05, 4.69) is 27.4 Å². The van der Waals surface area contributed by atoms with Gasteiger partial charge in [-0.2, -0.15) is 0 Å². The van der Waals surface area contributed by atoms with Crippen LogP contribution < -0.4 is 5.32 Å². The van der Waals surface area contributed by atoms with Crippen molar-refractivity contribution in [3.63, 3.8) is 0 Å². The lowest BCUT2D eigenvalue weighted by atomic mass is 10.1. The number of benzene rings is 1. The minimum absolute atomic E-state index is 0.00497. The molecule has 0 saturated carbocycles. The Hall–Kier alpha value is -3.00. The monoisotopic (exact) mass is 423 g/mol. The van der Waals surface area contributed by atoms with Crippen LogP contribution in [0.25, 0.3) is 11.4 Å². The minimum atomic E-state index is -0.00529. The van der Waals surface area contributed by atoms with E-state index in [1.807, 2.05) is 23.7 Å². The highest BCUT2D eigenvalue weighted by atomic mass is 32.2. The molecule has 0 atom stereocenters. The Morgan fingerprint density at radius 1 is 1.03 bits per heavy atom. The average Bonchev–Trinajstić information content (AvgIpc) is 3.13. The predicted molar refractivity (Wildman–Crippen MR) is 119 cm³/mol. The fourth-order valence-electron chi connectivity index (χ4n) is 2.90. The topological polar surface area (TPSA) is 89.8 Å². The van der Waals surface area contributed by atoms with Gasteiger partial charge < -0.3 is 9.88 Å². The molecule has 0 spiro atoms. The molecule has 30 heavy (non-hydrogen) atoms. The maximum absolute atomic E-state index is 12.5. The van der Waals surface area contributed by atoms with Crippen LogP contribution in [-0.2, 0) is 11.8 Å². The number of anilines is 1. The van der Waals surface area contributed by atoms with E-state index in [0.717, 1.165) is 30.7 Å². The Labute approximate surface area is 180 Å². The SMILES string of the molecule is CCCCCC(=O)Nc1ccc(C(=O)CSc2nnc(-c3ccncc3)n2C)cc1. The van der Waals surface area contributed by atoms with Crippen LogP contribution >= 0.6 is 11.8 Å². The van der Waals surface area contributed by atoms with Gasteiger partial charge in [-0.05, 0) is 42.8 Å². The maximum Gasteiger partial charge on any atom is 0.224 e. The molecule has 7 nitrogen and oxygen atoms in total. The number of thioether (sulfide) groups is 1. The van der Waals surface area contributed by atoms with Crippen LogP contribution in [-0.4, -0.2) is 37.2 Å². The van der Waals surface area contributed by atoms with E-state index < -0.39 is 0 Å². The van der Waals surface area contributed by atoms with E-state index in [9.17, 15) is 9.59 Å². The van der Waals surface area contributed by atoms with Crippen molar-refractivity contribution in [1.29, 1.82) is 0 Å². The van der Waals surface area contributed by atoms with Crippen molar-refractivity contribution in [3.05, 3.63) is 54.4 Å². The Kier molecular flexibility index (Phi) is 7.73. The summed E-state index contributed by atoms with van der Waals surface area (Å²) in [5.41, 5.74) is 2.23. The Morgan fingerprint density at radius 3 is 2.47 bits per heavy atom. The molecule has 3 aromatic rings. The Morgan fingerprint density at radius 2 is 1.77 bits per heavy atom. The third-order valence-electron chi connectivity index (χ3n) is 4.60. The normalized spacial score (nSPS) is 10.7. The van der Waals surface area contributed by atoms with E-state index in [-0.39, 0.29) is 17.4 Å². The predicted octanol–water partition coefficient (Wildman–Crippen LogP) is 4.37. The largest absolute Gasteiger partial charge is 0.326 e. The zero-order valence-corrected chi connectivity index (χ0v) is 18.0. The first kappa shape index (κ1) is 21.7. The van der Waals surface area contributed by atoms with Gasteiger partial charge in [-0.1, -0.05) is 31.5 Å². The van der Waals surface area contributed by atoms with Gasteiger partial charge in [-0.15, -0.1) is 10.2 Å². The first-order chi connectivity index (χ1) is 14.6. The standard InChI is InChI=1S/C22H25N5O2S/c1-3-4-5-6-20(29)24-18-9-7-16(8-10-18)19(28)15-30-22-26-25-21(27(22)2)17-11-13-23-14-12-17/h7-14H,3-6,15H2,1-2H3,(H,24,29). The molecule has 1 N–H and O–H groups in total. The summed E-state index contributed by atoms with van der Waals surface area (Å²) in [6.07, 6.45) is 6.95. The fourth-order valence-corrected chi connectivity index (χ4v) is 3.71. The maximum atomic E-state index is 12.5. The van der Waals surface area contributed by atoms with Crippen molar-refractivity contribution in [2.24, 2.45) is 7.05 Å². The number of rotatable bonds is 10. The van der Waals surface area contributed by atoms with Crippen molar-refractivity contribution in [1.82, 2.24) is 19.7 Å². The molecule has 2 aromatic heterocycles. The van der Waals surface area contributed by atoms with Crippen LogP contribution in [0.5, 0.6) is 0 Å². The molecule has 156 valence electrons. The minimum Gasteiger partial charge on any atom is -0.326 e. The number of pyridine rings is 1. The molecular formula is C22H25N5O2S. The van der Waals surface area contributed by atoms with Gasteiger partial charge in [0.1, 0.15) is 0 Å². The van der Waals surface area contributed by atoms with Crippen molar-refractivity contribution in [3.8, 4) is 11.4 Å². The van der Waals surface area contributed by atoms with Gasteiger partial charge in [-0.3, -0.25) is 14.6 Å². The number of carbonyl (C=O) groups is 2. The molecule has 0 bridgehead atoms. The zero-order chi connectivity index (χ0) is 21.3. The quantitative estimate of drug-likeness (QED) is 0.296. The lowest BCUT2D eigenvalue weighted by Gasteiger charge is -2.06. The summed E-state index contributed by atoms with van der Waals surface area (Å²) in [6, 6.07) is 10.7. The smallest absolute Gasteiger partial charge is 0.224 e. The van der Waals surface area contributed by atoms with Crippen molar-refractivity contribution >= 4 is 29.1 Å². The summed E-state index contributed by atoms with van der Waals surface area (Å²) in [5, 5.41) is 11.9. The molecule has 0 fully saturated rings. The second-order valence-electron chi connectivity index (χ2n) is 6.90. The number of amides is 1. The summed E-state index contributed by atoms with van der Waals surface area (Å²) < 4.78 is 1.87. The summed E-state index contributed by atoms with van der Waals surface area (Å²) in [7, 11) is 1.88. The Balaban J connectivity index is 1.54. The molecule has 0 unspecified atom stereocenters. The van der Waals surface area contributed by atoms with Crippen molar-refractivity contribution in [2.75, 3.05) is 11.1 Å². The molecule has 3 rings (SSSR count). The molecule has 0 aliphatic heterocycles. The van der Waals surface area contributed by atoms with Crippen molar-refractivity contribution in [2.45, 2.75) is 37.8 Å². The van der Waals surface area contributed by atoms with Crippen LogP contribution in [0.2, 0.25) is 0 Å². The summed E-state index contributed by atoms with van der Waals surface area (Å²) in [6.45, 7) is 2.11.